The number of benzene rings is 1. The number of nitrogens with zero attached hydrogens (tertiary/aromatic N) is 1. The second-order valence-electron chi connectivity index (χ2n) is 11.8. The molecule has 1 heterocycles. The number of rotatable bonds is 5. The van der Waals surface area contributed by atoms with E-state index in [2.05, 4.69) is 0 Å². The average Bonchev–Trinajstić information content (AvgIpc) is 3.29. The lowest BCUT2D eigenvalue weighted by Gasteiger charge is -2.49. The predicted octanol–water partition coefficient (Wildman–Crippen LogP) is 4.80. The second kappa shape index (κ2) is 8.52. The third-order valence-electron chi connectivity index (χ3n) is 9.88. The van der Waals surface area contributed by atoms with Crippen LogP contribution in [0.3, 0.4) is 0 Å². The van der Waals surface area contributed by atoms with Gasteiger partial charge in [-0.3, -0.25) is 14.7 Å². The molecule has 1 saturated heterocycles. The Bertz CT molecular complexity index is 1130. The highest BCUT2D eigenvalue weighted by Gasteiger charge is 2.71. The van der Waals surface area contributed by atoms with Crippen LogP contribution in [0.1, 0.15) is 52.0 Å². The second-order valence-corrected chi connectivity index (χ2v) is 11.8. The zero-order chi connectivity index (χ0) is 26.0. The van der Waals surface area contributed by atoms with Gasteiger partial charge in [-0.2, -0.15) is 0 Å². The van der Waals surface area contributed by atoms with Crippen LogP contribution in [0.25, 0.3) is 0 Å². The van der Waals surface area contributed by atoms with Crippen molar-refractivity contribution in [3.63, 3.8) is 0 Å². The fourth-order valence-electron chi connectivity index (χ4n) is 7.58. The fourth-order valence-corrected chi connectivity index (χ4v) is 7.58. The van der Waals surface area contributed by atoms with Gasteiger partial charge in [-0.1, -0.05) is 44.5 Å². The summed E-state index contributed by atoms with van der Waals surface area (Å²) in [6.45, 7) is 8.31. The highest BCUT2D eigenvalue weighted by Crippen LogP contribution is 2.62. The molecule has 0 bridgehead atoms. The molecule has 2 N–H and O–H groups in total. The van der Waals surface area contributed by atoms with Crippen molar-refractivity contribution < 1.29 is 29.0 Å². The summed E-state index contributed by atoms with van der Waals surface area (Å²) in [6, 6.07) is 7.81. The minimum absolute atomic E-state index is 0.00257. The Kier molecular flexibility index (Phi) is 5.95. The van der Waals surface area contributed by atoms with Gasteiger partial charge in [0.25, 0.3) is 0 Å². The first-order chi connectivity index (χ1) is 16.9. The molecule has 3 aliphatic carbocycles. The molecule has 0 spiro atoms. The van der Waals surface area contributed by atoms with Crippen molar-refractivity contribution in [1.29, 1.82) is 0 Å². The molecule has 0 amide bonds. The number of carbonyl (C=O) groups is 2. The number of aliphatic carboxylic acids is 1. The van der Waals surface area contributed by atoms with E-state index in [0.29, 0.717) is 25.0 Å². The molecule has 7 heteroatoms. The van der Waals surface area contributed by atoms with Gasteiger partial charge in [0.1, 0.15) is 6.17 Å². The molecule has 194 valence electrons. The topological polar surface area (TPSA) is 87.1 Å². The van der Waals surface area contributed by atoms with Gasteiger partial charge < -0.3 is 10.2 Å². The Labute approximate surface area is 211 Å². The third kappa shape index (κ3) is 3.50. The molecular formula is C29H36FNO5. The van der Waals surface area contributed by atoms with Gasteiger partial charge >= 0.3 is 5.97 Å². The number of aryl methyl sites for hydroxylation is 1. The van der Waals surface area contributed by atoms with Crippen LogP contribution in [0.15, 0.2) is 48.1 Å². The van der Waals surface area contributed by atoms with E-state index in [1.807, 2.05) is 52.0 Å². The first-order valence-electron chi connectivity index (χ1n) is 13.0. The lowest BCUT2D eigenvalue weighted by molar-refractivity contribution is -0.186. The van der Waals surface area contributed by atoms with Crippen LogP contribution >= 0.6 is 0 Å². The van der Waals surface area contributed by atoms with E-state index in [0.717, 1.165) is 11.3 Å². The summed E-state index contributed by atoms with van der Waals surface area (Å²) >= 11 is 0. The number of allylic oxidation sites excluding steroid dienone is 4. The number of anilines is 1. The number of hydrogen-bond acceptors (Lipinski definition) is 5. The Balaban J connectivity index is 1.46. The van der Waals surface area contributed by atoms with Gasteiger partial charge in [-0.05, 0) is 74.3 Å². The monoisotopic (exact) mass is 497 g/mol. The Hall–Kier alpha value is -2.51. The summed E-state index contributed by atoms with van der Waals surface area (Å²) in [7, 11) is 0. The Morgan fingerprint density at radius 1 is 1.25 bits per heavy atom. The van der Waals surface area contributed by atoms with Gasteiger partial charge in [-0.15, -0.1) is 0 Å². The number of hydrogen-bond donors (Lipinski definition) is 2. The van der Waals surface area contributed by atoms with E-state index >= 15 is 0 Å². The number of hydroxylamine groups is 1. The van der Waals surface area contributed by atoms with E-state index in [9.17, 15) is 24.2 Å². The number of halogens is 1. The maximum absolute atomic E-state index is 14.8. The smallest absolute Gasteiger partial charge is 0.339 e. The molecule has 8 atom stereocenters. The molecule has 36 heavy (non-hydrogen) atoms. The zero-order valence-electron chi connectivity index (χ0n) is 21.4. The summed E-state index contributed by atoms with van der Waals surface area (Å²) in [5, 5.41) is 24.0. The van der Waals surface area contributed by atoms with Crippen LogP contribution in [0.2, 0.25) is 0 Å². The predicted molar refractivity (Wildman–Crippen MR) is 134 cm³/mol. The maximum atomic E-state index is 14.8. The minimum atomic E-state index is -1.48. The van der Waals surface area contributed by atoms with Crippen molar-refractivity contribution in [2.45, 2.75) is 71.3 Å². The molecule has 6 nitrogen and oxygen atoms in total. The van der Waals surface area contributed by atoms with Crippen LogP contribution in [-0.2, 0) is 14.4 Å². The van der Waals surface area contributed by atoms with Crippen molar-refractivity contribution >= 4 is 17.4 Å². The van der Waals surface area contributed by atoms with Gasteiger partial charge in [0.15, 0.2) is 5.78 Å². The van der Waals surface area contributed by atoms with Crippen LogP contribution in [0, 0.1) is 35.5 Å². The molecule has 4 aliphatic rings. The fraction of sp³-hybridized carbons (Fsp3) is 0.586. The van der Waals surface area contributed by atoms with E-state index in [-0.39, 0.29) is 36.4 Å². The van der Waals surface area contributed by atoms with Crippen LogP contribution in [0.5, 0.6) is 0 Å². The number of aliphatic hydroxyl groups excluding tert-OH is 1. The van der Waals surface area contributed by atoms with Gasteiger partial charge in [-0.25, -0.2) is 9.18 Å². The molecule has 3 fully saturated rings. The largest absolute Gasteiger partial charge is 0.479 e. The van der Waals surface area contributed by atoms with Crippen molar-refractivity contribution in [1.82, 2.24) is 0 Å². The standard InChI is InChI=1S/C29H36FNO5/c1-17-5-7-20(8-6-17)31-16-19-13-18(2)28(4,29(19,36-31)26(34)35)15-25(33)22-9-10-24(30)23-14-21(32)11-12-27(22,23)3/h5-8,11-12,14,18-19,22,24-25,33H,9-10,13,15-16H2,1-4H3,(H,34,35). The zero-order valence-corrected chi connectivity index (χ0v) is 21.4. The summed E-state index contributed by atoms with van der Waals surface area (Å²) in [5.74, 6) is -1.81. The van der Waals surface area contributed by atoms with Crippen molar-refractivity contribution in [2.75, 3.05) is 11.6 Å². The number of alkyl halides is 1. The minimum Gasteiger partial charge on any atom is -0.479 e. The molecule has 5 rings (SSSR count). The molecule has 1 aliphatic heterocycles. The van der Waals surface area contributed by atoms with Crippen molar-refractivity contribution in [3.8, 4) is 0 Å². The SMILES string of the molecule is Cc1ccc(N2CC3CC(C)C(C)(CC(O)C4CCC(F)C5=CC(=O)C=CC54C)C3(C(=O)O)O2)cc1. The maximum Gasteiger partial charge on any atom is 0.339 e. The summed E-state index contributed by atoms with van der Waals surface area (Å²) < 4.78 is 14.8. The van der Waals surface area contributed by atoms with Crippen LogP contribution in [0.4, 0.5) is 10.1 Å². The highest BCUT2D eigenvalue weighted by atomic mass is 19.1. The van der Waals surface area contributed by atoms with Gasteiger partial charge in [0.05, 0.1) is 18.3 Å². The van der Waals surface area contributed by atoms with Crippen LogP contribution < -0.4 is 5.06 Å². The van der Waals surface area contributed by atoms with Crippen LogP contribution in [-0.4, -0.2) is 46.4 Å². The molecular weight excluding hydrogens is 461 g/mol. The molecule has 8 unspecified atom stereocenters. The van der Waals surface area contributed by atoms with E-state index in [1.54, 1.807) is 11.1 Å². The van der Waals surface area contributed by atoms with E-state index < -0.39 is 34.7 Å². The van der Waals surface area contributed by atoms with Crippen molar-refractivity contribution in [2.24, 2.45) is 28.6 Å². The van der Waals surface area contributed by atoms with E-state index in [1.165, 1.54) is 12.2 Å². The first kappa shape index (κ1) is 25.2. The van der Waals surface area contributed by atoms with Crippen molar-refractivity contribution in [3.05, 3.63) is 53.6 Å². The quantitative estimate of drug-likeness (QED) is 0.608. The Morgan fingerprint density at radius 2 is 1.94 bits per heavy atom. The first-order valence-corrected chi connectivity index (χ1v) is 13.0. The Morgan fingerprint density at radius 3 is 2.61 bits per heavy atom. The summed E-state index contributed by atoms with van der Waals surface area (Å²) in [4.78, 5) is 31.4. The highest BCUT2D eigenvalue weighted by molar-refractivity contribution is 6.01. The number of carbonyl (C=O) groups excluding carboxylic acids is 1. The number of ketones is 1. The van der Waals surface area contributed by atoms with Gasteiger partial charge in [0.2, 0.25) is 5.60 Å². The summed E-state index contributed by atoms with van der Waals surface area (Å²) in [6.07, 6.45) is 4.03. The number of carboxylic acid groups (broad SMARTS) is 1. The lowest BCUT2D eigenvalue weighted by Crippen LogP contribution is -2.57. The molecule has 2 saturated carbocycles. The molecule has 0 aromatic heterocycles. The molecule has 1 aromatic carbocycles. The number of aliphatic hydroxyl groups is 1. The number of fused-ring (bicyclic) bond motifs is 2. The normalized spacial score (nSPS) is 40.6. The third-order valence-corrected chi connectivity index (χ3v) is 9.88. The van der Waals surface area contributed by atoms with E-state index in [4.69, 9.17) is 4.84 Å². The lowest BCUT2D eigenvalue weighted by atomic mass is 9.57. The summed E-state index contributed by atoms with van der Waals surface area (Å²) in [5.41, 5.74) is -0.786. The van der Waals surface area contributed by atoms with Gasteiger partial charge in [0, 0.05) is 16.7 Å². The number of carboxylic acids is 1. The molecule has 1 aromatic rings. The molecule has 0 radical (unpaired) electrons. The average molecular weight is 498 g/mol.